The number of benzene rings is 1. The van der Waals surface area contributed by atoms with Gasteiger partial charge in [0.1, 0.15) is 5.75 Å². The molecule has 1 unspecified atom stereocenters. The van der Waals surface area contributed by atoms with Crippen LogP contribution in [0.3, 0.4) is 0 Å². The van der Waals surface area contributed by atoms with E-state index in [1.54, 1.807) is 31.4 Å². The van der Waals surface area contributed by atoms with Crippen LogP contribution in [-0.2, 0) is 4.79 Å². The van der Waals surface area contributed by atoms with Gasteiger partial charge in [-0.15, -0.1) is 0 Å². The summed E-state index contributed by atoms with van der Waals surface area (Å²) >= 11 is 0. The molecule has 4 nitrogen and oxygen atoms in total. The summed E-state index contributed by atoms with van der Waals surface area (Å²) in [5.41, 5.74) is 5.81. The van der Waals surface area contributed by atoms with Gasteiger partial charge in [-0.2, -0.15) is 0 Å². The highest BCUT2D eigenvalue weighted by atomic mass is 16.5. The Bertz CT molecular complexity index is 308. The number of ether oxygens (including phenoxy) is 1. The van der Waals surface area contributed by atoms with Crippen LogP contribution >= 0.6 is 0 Å². The van der Waals surface area contributed by atoms with Crippen molar-refractivity contribution in [2.24, 2.45) is 5.73 Å². The second kappa shape index (κ2) is 4.62. The van der Waals surface area contributed by atoms with Gasteiger partial charge < -0.3 is 15.6 Å². The molecule has 14 heavy (non-hydrogen) atoms. The van der Waals surface area contributed by atoms with E-state index in [1.807, 2.05) is 0 Å². The number of amides is 1. The molecule has 0 aliphatic heterocycles. The molecule has 1 aromatic carbocycles. The van der Waals surface area contributed by atoms with Crippen LogP contribution in [0.4, 0.5) is 0 Å². The number of carbonyl (C=O) groups excluding carboxylic acids is 1. The largest absolute Gasteiger partial charge is 0.497 e. The van der Waals surface area contributed by atoms with Crippen molar-refractivity contribution in [1.29, 1.82) is 0 Å². The van der Waals surface area contributed by atoms with Gasteiger partial charge in [0.2, 0.25) is 5.91 Å². The third-order valence-corrected chi connectivity index (χ3v) is 2.04. The lowest BCUT2D eigenvalue weighted by Crippen LogP contribution is -2.24. The summed E-state index contributed by atoms with van der Waals surface area (Å²) in [5, 5.41) is 8.94. The Hall–Kier alpha value is -1.55. The molecule has 0 aromatic heterocycles. The molecule has 1 amide bonds. The van der Waals surface area contributed by atoms with Gasteiger partial charge in [0.25, 0.3) is 0 Å². The molecule has 1 aromatic rings. The summed E-state index contributed by atoms with van der Waals surface area (Å²) < 4.78 is 4.96. The number of methoxy groups -OCH3 is 1. The zero-order chi connectivity index (χ0) is 10.6. The smallest absolute Gasteiger partial charge is 0.227 e. The summed E-state index contributed by atoms with van der Waals surface area (Å²) in [7, 11) is 1.56. The maximum absolute atomic E-state index is 10.9. The molecule has 0 spiro atoms. The topological polar surface area (TPSA) is 72.6 Å². The maximum Gasteiger partial charge on any atom is 0.227 e. The van der Waals surface area contributed by atoms with E-state index < -0.39 is 11.8 Å². The Morgan fingerprint density at radius 3 is 2.43 bits per heavy atom. The van der Waals surface area contributed by atoms with E-state index in [2.05, 4.69) is 0 Å². The SMILES string of the molecule is COc1ccc(C(CO)C(N)=O)cc1. The molecule has 0 bridgehead atoms. The van der Waals surface area contributed by atoms with Gasteiger partial charge in [0, 0.05) is 0 Å². The predicted octanol–water partition coefficient (Wildman–Crippen LogP) is 0.256. The number of primary amides is 1. The summed E-state index contributed by atoms with van der Waals surface area (Å²) in [6, 6.07) is 6.87. The van der Waals surface area contributed by atoms with Crippen LogP contribution in [0, 0.1) is 0 Å². The Balaban J connectivity index is 2.89. The van der Waals surface area contributed by atoms with Gasteiger partial charge >= 0.3 is 0 Å². The Morgan fingerprint density at radius 1 is 1.50 bits per heavy atom. The normalized spacial score (nSPS) is 12.1. The Morgan fingerprint density at radius 2 is 2.07 bits per heavy atom. The minimum atomic E-state index is -0.638. The number of hydrogen-bond donors (Lipinski definition) is 2. The van der Waals surface area contributed by atoms with Gasteiger partial charge in [-0.1, -0.05) is 12.1 Å². The molecule has 1 rings (SSSR count). The zero-order valence-electron chi connectivity index (χ0n) is 7.93. The van der Waals surface area contributed by atoms with E-state index in [0.29, 0.717) is 11.3 Å². The van der Waals surface area contributed by atoms with Gasteiger partial charge in [-0.25, -0.2) is 0 Å². The summed E-state index contributed by atoms with van der Waals surface area (Å²) in [6.07, 6.45) is 0. The van der Waals surface area contributed by atoms with Crippen LogP contribution in [-0.4, -0.2) is 24.7 Å². The van der Waals surface area contributed by atoms with Crippen LogP contribution < -0.4 is 10.5 Å². The number of aliphatic hydroxyl groups excluding tert-OH is 1. The van der Waals surface area contributed by atoms with E-state index >= 15 is 0 Å². The molecule has 76 valence electrons. The second-order valence-electron chi connectivity index (χ2n) is 2.91. The summed E-state index contributed by atoms with van der Waals surface area (Å²) in [5.74, 6) is -0.464. The van der Waals surface area contributed by atoms with Crippen LogP contribution in [0.15, 0.2) is 24.3 Å². The minimum Gasteiger partial charge on any atom is -0.497 e. The van der Waals surface area contributed by atoms with Crippen molar-refractivity contribution >= 4 is 5.91 Å². The van der Waals surface area contributed by atoms with E-state index in [4.69, 9.17) is 15.6 Å². The van der Waals surface area contributed by atoms with Crippen LogP contribution in [0.5, 0.6) is 5.75 Å². The number of aliphatic hydroxyl groups is 1. The van der Waals surface area contributed by atoms with Gasteiger partial charge in [-0.05, 0) is 17.7 Å². The van der Waals surface area contributed by atoms with Crippen molar-refractivity contribution in [1.82, 2.24) is 0 Å². The predicted molar refractivity (Wildman–Crippen MR) is 52.0 cm³/mol. The summed E-state index contributed by atoms with van der Waals surface area (Å²) in [6.45, 7) is -0.276. The van der Waals surface area contributed by atoms with E-state index in [9.17, 15) is 4.79 Å². The number of hydrogen-bond acceptors (Lipinski definition) is 3. The highest BCUT2D eigenvalue weighted by molar-refractivity contribution is 5.82. The van der Waals surface area contributed by atoms with E-state index in [0.717, 1.165) is 0 Å². The van der Waals surface area contributed by atoms with Crippen LogP contribution in [0.2, 0.25) is 0 Å². The van der Waals surface area contributed by atoms with Gasteiger partial charge in [0.15, 0.2) is 0 Å². The van der Waals surface area contributed by atoms with Gasteiger partial charge in [-0.3, -0.25) is 4.79 Å². The average Bonchev–Trinajstić information content (AvgIpc) is 2.19. The standard InChI is InChI=1S/C10H13NO3/c1-14-8-4-2-7(3-5-8)9(6-12)10(11)13/h2-5,9,12H,6H2,1H3,(H2,11,13). The Kier molecular flexibility index (Phi) is 3.48. The lowest BCUT2D eigenvalue weighted by molar-refractivity contribution is -0.120. The quantitative estimate of drug-likeness (QED) is 0.723. The first kappa shape index (κ1) is 10.5. The molecular formula is C10H13NO3. The van der Waals surface area contributed by atoms with E-state index in [1.165, 1.54) is 0 Å². The van der Waals surface area contributed by atoms with Crippen molar-refractivity contribution in [2.75, 3.05) is 13.7 Å². The van der Waals surface area contributed by atoms with Crippen LogP contribution in [0.25, 0.3) is 0 Å². The van der Waals surface area contributed by atoms with E-state index in [-0.39, 0.29) is 6.61 Å². The highest BCUT2D eigenvalue weighted by Gasteiger charge is 2.16. The van der Waals surface area contributed by atoms with Crippen LogP contribution in [0.1, 0.15) is 11.5 Å². The number of nitrogens with two attached hydrogens (primary N) is 1. The third-order valence-electron chi connectivity index (χ3n) is 2.04. The fourth-order valence-electron chi connectivity index (χ4n) is 1.20. The fraction of sp³-hybridized carbons (Fsp3) is 0.300. The molecule has 0 saturated heterocycles. The Labute approximate surface area is 82.3 Å². The fourth-order valence-corrected chi connectivity index (χ4v) is 1.20. The lowest BCUT2D eigenvalue weighted by atomic mass is 9.99. The first-order chi connectivity index (χ1) is 6.69. The number of carbonyl (C=O) groups is 1. The van der Waals surface area contributed by atoms with Crippen molar-refractivity contribution in [2.45, 2.75) is 5.92 Å². The highest BCUT2D eigenvalue weighted by Crippen LogP contribution is 2.18. The zero-order valence-corrected chi connectivity index (χ0v) is 7.93. The van der Waals surface area contributed by atoms with Gasteiger partial charge in [0.05, 0.1) is 19.6 Å². The molecular weight excluding hydrogens is 182 g/mol. The average molecular weight is 195 g/mol. The summed E-state index contributed by atoms with van der Waals surface area (Å²) in [4.78, 5) is 10.9. The maximum atomic E-state index is 10.9. The number of rotatable bonds is 4. The van der Waals surface area contributed by atoms with Crippen molar-refractivity contribution in [3.63, 3.8) is 0 Å². The van der Waals surface area contributed by atoms with Crippen molar-refractivity contribution < 1.29 is 14.6 Å². The first-order valence-electron chi connectivity index (χ1n) is 4.23. The molecule has 0 aliphatic rings. The molecule has 4 heteroatoms. The lowest BCUT2D eigenvalue weighted by Gasteiger charge is -2.10. The molecule has 0 radical (unpaired) electrons. The molecule has 3 N–H and O–H groups in total. The molecule has 1 atom stereocenters. The molecule has 0 heterocycles. The monoisotopic (exact) mass is 195 g/mol. The second-order valence-corrected chi connectivity index (χ2v) is 2.91. The third kappa shape index (κ3) is 2.23. The first-order valence-corrected chi connectivity index (χ1v) is 4.23. The minimum absolute atomic E-state index is 0.276. The molecule has 0 saturated carbocycles. The molecule has 0 aliphatic carbocycles. The van der Waals surface area contributed by atoms with Crippen molar-refractivity contribution in [3.8, 4) is 5.75 Å². The van der Waals surface area contributed by atoms with Crippen molar-refractivity contribution in [3.05, 3.63) is 29.8 Å². The molecule has 0 fully saturated rings.